The molecular weight excluding hydrogens is 321 g/mol. The van der Waals surface area contributed by atoms with Crippen molar-refractivity contribution < 1.29 is 4.39 Å². The lowest BCUT2D eigenvalue weighted by molar-refractivity contribution is 0.474. The number of amidine groups is 1. The van der Waals surface area contributed by atoms with Gasteiger partial charge in [-0.2, -0.15) is 0 Å². The molecule has 130 valence electrons. The molecule has 1 heterocycles. The van der Waals surface area contributed by atoms with Gasteiger partial charge in [0, 0.05) is 30.4 Å². The normalized spacial score (nSPS) is 17.0. The second kappa shape index (κ2) is 9.04. The van der Waals surface area contributed by atoms with Crippen LogP contribution in [0.2, 0.25) is 0 Å². The molecule has 1 unspecified atom stereocenters. The van der Waals surface area contributed by atoms with Gasteiger partial charge in [0.15, 0.2) is 0 Å². The molecule has 0 radical (unpaired) electrons. The van der Waals surface area contributed by atoms with E-state index in [2.05, 4.69) is 41.4 Å². The minimum atomic E-state index is -0.122. The van der Waals surface area contributed by atoms with Crippen molar-refractivity contribution in [3.63, 3.8) is 0 Å². The Kier molecular flexibility index (Phi) is 7.06. The fraction of sp³-hybridized carbons (Fsp3) is 0.421. The molecule has 1 aromatic carbocycles. The Hall–Kier alpha value is -1.59. The van der Waals surface area contributed by atoms with Gasteiger partial charge in [-0.1, -0.05) is 43.7 Å². The van der Waals surface area contributed by atoms with Gasteiger partial charge in [-0.25, -0.2) is 9.38 Å². The Morgan fingerprint density at radius 3 is 2.92 bits per heavy atom. The Balaban J connectivity index is 2.11. The molecule has 0 aromatic heterocycles. The first kappa shape index (κ1) is 18.7. The lowest BCUT2D eigenvalue weighted by Crippen LogP contribution is -2.15. The van der Waals surface area contributed by atoms with Crippen LogP contribution >= 0.6 is 11.9 Å². The van der Waals surface area contributed by atoms with Crippen molar-refractivity contribution >= 4 is 23.5 Å². The van der Waals surface area contributed by atoms with E-state index in [1.807, 2.05) is 18.2 Å². The third kappa shape index (κ3) is 4.71. The molecule has 0 amide bonds. The van der Waals surface area contributed by atoms with Crippen LogP contribution in [-0.2, 0) is 0 Å². The van der Waals surface area contributed by atoms with E-state index >= 15 is 0 Å². The van der Waals surface area contributed by atoms with Crippen LogP contribution in [0, 0.1) is 5.82 Å². The minimum absolute atomic E-state index is 0.122. The van der Waals surface area contributed by atoms with Crippen LogP contribution in [0.5, 0.6) is 0 Å². The number of hydrogen-bond acceptors (Lipinski definition) is 3. The third-order valence-electron chi connectivity index (χ3n) is 4.37. The van der Waals surface area contributed by atoms with E-state index < -0.39 is 0 Å². The fourth-order valence-electron chi connectivity index (χ4n) is 2.88. The summed E-state index contributed by atoms with van der Waals surface area (Å²) in [4.78, 5) is 4.15. The van der Waals surface area contributed by atoms with Crippen molar-refractivity contribution in [1.29, 1.82) is 0 Å². The van der Waals surface area contributed by atoms with Gasteiger partial charge in [0.2, 0.25) is 0 Å². The van der Waals surface area contributed by atoms with E-state index in [1.165, 1.54) is 6.20 Å². The summed E-state index contributed by atoms with van der Waals surface area (Å²) in [5.41, 5.74) is 2.59. The summed E-state index contributed by atoms with van der Waals surface area (Å²) in [5, 5.41) is 3.21. The molecule has 0 aliphatic carbocycles. The first-order valence-electron chi connectivity index (χ1n) is 8.28. The minimum Gasteiger partial charge on any atom is -0.343 e. The smallest absolute Gasteiger partial charge is 0.127 e. The third-order valence-corrected chi connectivity index (χ3v) is 5.18. The van der Waals surface area contributed by atoms with Gasteiger partial charge in [0.1, 0.15) is 11.7 Å². The maximum absolute atomic E-state index is 14.7. The molecule has 1 atom stereocenters. The van der Waals surface area contributed by atoms with E-state index in [0.29, 0.717) is 0 Å². The molecule has 1 aliphatic rings. The Morgan fingerprint density at radius 1 is 1.50 bits per heavy atom. The zero-order valence-corrected chi connectivity index (χ0v) is 15.5. The molecule has 0 saturated carbocycles. The highest BCUT2D eigenvalue weighted by Gasteiger charge is 2.18. The maximum atomic E-state index is 14.7. The van der Waals surface area contributed by atoms with Gasteiger partial charge >= 0.3 is 0 Å². The van der Waals surface area contributed by atoms with Crippen LogP contribution < -0.4 is 5.32 Å². The number of aliphatic imine (C=N–C) groups is 1. The molecule has 2 rings (SSSR count). The molecule has 0 bridgehead atoms. The lowest BCUT2D eigenvalue weighted by atomic mass is 9.91. The molecular formula is C19H26FN3S. The predicted octanol–water partition coefficient (Wildman–Crippen LogP) is 4.80. The SMILES string of the molecule is C=CN=C1CC=C(c2ccc(C(CC)CCN(C)SC)c(F)c2)N1. The number of benzene rings is 1. The van der Waals surface area contributed by atoms with Crippen molar-refractivity contribution in [3.05, 3.63) is 54.0 Å². The molecule has 0 spiro atoms. The summed E-state index contributed by atoms with van der Waals surface area (Å²) in [6.45, 7) is 6.67. The quantitative estimate of drug-likeness (QED) is 0.685. The Bertz CT molecular complexity index is 639. The Labute approximate surface area is 148 Å². The second-order valence-corrected chi connectivity index (χ2v) is 6.86. The van der Waals surface area contributed by atoms with E-state index in [4.69, 9.17) is 0 Å². The van der Waals surface area contributed by atoms with E-state index in [9.17, 15) is 4.39 Å². The zero-order chi connectivity index (χ0) is 17.5. The van der Waals surface area contributed by atoms with Gasteiger partial charge in [-0.05, 0) is 43.7 Å². The van der Waals surface area contributed by atoms with Gasteiger partial charge in [0.25, 0.3) is 0 Å². The maximum Gasteiger partial charge on any atom is 0.127 e. The largest absolute Gasteiger partial charge is 0.343 e. The highest BCUT2D eigenvalue weighted by atomic mass is 32.2. The van der Waals surface area contributed by atoms with Crippen LogP contribution in [0.15, 0.2) is 42.0 Å². The van der Waals surface area contributed by atoms with Gasteiger partial charge < -0.3 is 5.32 Å². The summed E-state index contributed by atoms with van der Waals surface area (Å²) >= 11 is 1.71. The summed E-state index contributed by atoms with van der Waals surface area (Å²) in [6, 6.07) is 5.56. The average molecular weight is 348 g/mol. The summed E-state index contributed by atoms with van der Waals surface area (Å²) in [5.74, 6) is 0.969. The number of nitrogens with one attached hydrogen (secondary N) is 1. The van der Waals surface area contributed by atoms with Crippen LogP contribution in [0.1, 0.15) is 43.2 Å². The lowest BCUT2D eigenvalue weighted by Gasteiger charge is -2.20. The molecule has 1 aromatic rings. The highest BCUT2D eigenvalue weighted by Crippen LogP contribution is 2.29. The van der Waals surface area contributed by atoms with Crippen LogP contribution in [0.3, 0.4) is 0 Å². The van der Waals surface area contributed by atoms with Gasteiger partial charge in [0.05, 0.1) is 0 Å². The van der Waals surface area contributed by atoms with Crippen molar-refractivity contribution in [2.45, 2.75) is 32.1 Å². The second-order valence-electron chi connectivity index (χ2n) is 5.87. The van der Waals surface area contributed by atoms with E-state index in [1.54, 1.807) is 18.0 Å². The number of hydrogen-bond donors (Lipinski definition) is 1. The molecule has 5 heteroatoms. The van der Waals surface area contributed by atoms with E-state index in [-0.39, 0.29) is 11.7 Å². The molecule has 0 saturated heterocycles. The van der Waals surface area contributed by atoms with Crippen molar-refractivity contribution in [2.24, 2.45) is 4.99 Å². The topological polar surface area (TPSA) is 27.6 Å². The van der Waals surface area contributed by atoms with E-state index in [0.717, 1.165) is 48.5 Å². The predicted molar refractivity (Wildman–Crippen MR) is 104 cm³/mol. The summed E-state index contributed by atoms with van der Waals surface area (Å²) in [7, 11) is 2.07. The average Bonchev–Trinajstić information content (AvgIpc) is 3.05. The Morgan fingerprint density at radius 2 is 2.29 bits per heavy atom. The van der Waals surface area contributed by atoms with Crippen molar-refractivity contribution in [2.75, 3.05) is 19.8 Å². The number of halogens is 1. The molecule has 1 N–H and O–H groups in total. The monoisotopic (exact) mass is 347 g/mol. The fourth-order valence-corrected chi connectivity index (χ4v) is 3.16. The summed E-state index contributed by atoms with van der Waals surface area (Å²) < 4.78 is 16.9. The molecule has 24 heavy (non-hydrogen) atoms. The standard InChI is InChI=1S/C19H26FN3S/c1-5-14(11-12-23(3)24-4)16-8-7-15(13-17(16)20)18-9-10-19(22-18)21-6-2/h6-9,13-14H,2,5,10-12H2,1,3-4H3,(H,21,22). The van der Waals surface area contributed by atoms with Crippen LogP contribution in [0.25, 0.3) is 5.70 Å². The van der Waals surface area contributed by atoms with Crippen molar-refractivity contribution in [1.82, 2.24) is 9.62 Å². The van der Waals surface area contributed by atoms with Gasteiger partial charge in [-0.15, -0.1) is 0 Å². The van der Waals surface area contributed by atoms with Crippen LogP contribution in [0.4, 0.5) is 4.39 Å². The zero-order valence-electron chi connectivity index (χ0n) is 14.7. The van der Waals surface area contributed by atoms with Gasteiger partial charge in [-0.3, -0.25) is 4.31 Å². The molecule has 1 aliphatic heterocycles. The number of nitrogens with zero attached hydrogens (tertiary/aromatic N) is 2. The summed E-state index contributed by atoms with van der Waals surface area (Å²) in [6.07, 6.45) is 8.23. The van der Waals surface area contributed by atoms with Crippen molar-refractivity contribution in [3.8, 4) is 0 Å². The molecule has 3 nitrogen and oxygen atoms in total. The molecule has 0 fully saturated rings. The highest BCUT2D eigenvalue weighted by molar-refractivity contribution is 7.96. The van der Waals surface area contributed by atoms with Crippen LogP contribution in [-0.4, -0.2) is 30.0 Å². The first-order chi connectivity index (χ1) is 11.6. The first-order valence-corrected chi connectivity index (χ1v) is 9.47. The number of rotatable bonds is 8.